The van der Waals surface area contributed by atoms with Crippen molar-refractivity contribution in [1.82, 2.24) is 14.5 Å². The van der Waals surface area contributed by atoms with Gasteiger partial charge in [-0.2, -0.15) is 0 Å². The lowest BCUT2D eigenvalue weighted by atomic mass is 9.97. The van der Waals surface area contributed by atoms with E-state index in [-0.39, 0.29) is 5.56 Å². The van der Waals surface area contributed by atoms with Crippen LogP contribution in [-0.2, 0) is 30.7 Å². The number of hydrogen-bond acceptors (Lipinski definition) is 6. The standard InChI is InChI=1S/C24H28N4O2S/c1-2-10-28-23(29)21-19-8-3-4-9-20(19)31-22(21)26-24(28)25-18-7-5-6-17(15-18)16-27-11-13-30-14-12-27/h2,5-7,15H,1,3-4,8-14,16H2,(H,25,26). The minimum absolute atomic E-state index is 0.0382. The molecule has 6 nitrogen and oxygen atoms in total. The summed E-state index contributed by atoms with van der Waals surface area (Å²) in [6, 6.07) is 8.36. The van der Waals surface area contributed by atoms with Crippen LogP contribution in [0.2, 0.25) is 0 Å². The summed E-state index contributed by atoms with van der Waals surface area (Å²) in [7, 11) is 0. The van der Waals surface area contributed by atoms with Crippen molar-refractivity contribution in [2.75, 3.05) is 31.6 Å². The number of morpholine rings is 1. The smallest absolute Gasteiger partial charge is 0.264 e. The van der Waals surface area contributed by atoms with Crippen LogP contribution in [0.4, 0.5) is 11.6 Å². The summed E-state index contributed by atoms with van der Waals surface area (Å²) >= 11 is 1.68. The normalized spacial score (nSPS) is 16.9. The van der Waals surface area contributed by atoms with Gasteiger partial charge in [0.05, 0.1) is 18.6 Å². The van der Waals surface area contributed by atoms with E-state index in [4.69, 9.17) is 9.72 Å². The third-order valence-corrected chi connectivity index (χ3v) is 7.27. The third-order valence-electron chi connectivity index (χ3n) is 6.08. The fourth-order valence-corrected chi connectivity index (χ4v) is 5.78. The quantitative estimate of drug-likeness (QED) is 0.590. The second kappa shape index (κ2) is 8.94. The van der Waals surface area contributed by atoms with Gasteiger partial charge < -0.3 is 10.1 Å². The molecule has 1 aliphatic heterocycles. The Hall–Kier alpha value is -2.48. The molecule has 1 N–H and O–H groups in total. The number of thiophene rings is 1. The molecule has 162 valence electrons. The number of aromatic nitrogens is 2. The van der Waals surface area contributed by atoms with E-state index in [2.05, 4.69) is 35.0 Å². The van der Waals surface area contributed by atoms with Crippen molar-refractivity contribution in [2.45, 2.75) is 38.8 Å². The second-order valence-corrected chi connectivity index (χ2v) is 9.33. The van der Waals surface area contributed by atoms with Crippen LogP contribution in [0.5, 0.6) is 0 Å². The van der Waals surface area contributed by atoms with E-state index in [1.54, 1.807) is 22.0 Å². The predicted molar refractivity (Wildman–Crippen MR) is 127 cm³/mol. The Morgan fingerprint density at radius 2 is 2.06 bits per heavy atom. The van der Waals surface area contributed by atoms with Gasteiger partial charge in [0.25, 0.3) is 5.56 Å². The molecule has 0 atom stereocenters. The molecule has 1 aromatic carbocycles. The predicted octanol–water partition coefficient (Wildman–Crippen LogP) is 4.10. The summed E-state index contributed by atoms with van der Waals surface area (Å²) in [5.74, 6) is 0.583. The van der Waals surface area contributed by atoms with Crippen molar-refractivity contribution in [3.05, 3.63) is 63.3 Å². The van der Waals surface area contributed by atoms with E-state index in [1.807, 2.05) is 6.07 Å². The van der Waals surface area contributed by atoms with Crippen LogP contribution in [0.3, 0.4) is 0 Å². The zero-order valence-electron chi connectivity index (χ0n) is 17.7. The molecule has 0 unspecified atom stereocenters. The maximum absolute atomic E-state index is 13.4. The number of hydrogen-bond donors (Lipinski definition) is 1. The van der Waals surface area contributed by atoms with E-state index in [1.165, 1.54) is 22.4 Å². The number of ether oxygens (including phenoxy) is 1. The van der Waals surface area contributed by atoms with Crippen LogP contribution in [0.25, 0.3) is 10.2 Å². The fourth-order valence-electron chi connectivity index (χ4n) is 4.53. The molecule has 7 heteroatoms. The molecule has 5 rings (SSSR count). The first-order chi connectivity index (χ1) is 15.2. The lowest BCUT2D eigenvalue weighted by Gasteiger charge is -2.26. The number of benzene rings is 1. The third kappa shape index (κ3) is 4.18. The number of anilines is 2. The molecule has 31 heavy (non-hydrogen) atoms. The van der Waals surface area contributed by atoms with Crippen LogP contribution in [-0.4, -0.2) is 40.8 Å². The fraction of sp³-hybridized carbons (Fsp3) is 0.417. The van der Waals surface area contributed by atoms with Crippen molar-refractivity contribution >= 4 is 33.2 Å². The molecule has 3 heterocycles. The van der Waals surface area contributed by atoms with Crippen LogP contribution in [0, 0.1) is 0 Å². The van der Waals surface area contributed by atoms with E-state index in [0.29, 0.717) is 12.5 Å². The molecule has 0 radical (unpaired) electrons. The number of aryl methyl sites for hydroxylation is 2. The molecule has 2 aliphatic rings. The molecule has 1 aliphatic carbocycles. The summed E-state index contributed by atoms with van der Waals surface area (Å²) in [6.07, 6.45) is 6.14. The Balaban J connectivity index is 1.48. The summed E-state index contributed by atoms with van der Waals surface area (Å²) in [4.78, 5) is 22.9. The number of nitrogens with one attached hydrogen (secondary N) is 1. The summed E-state index contributed by atoms with van der Waals surface area (Å²) in [5.41, 5.74) is 3.44. The van der Waals surface area contributed by atoms with Gasteiger partial charge in [-0.05, 0) is 48.9 Å². The maximum Gasteiger partial charge on any atom is 0.264 e. The number of allylic oxidation sites excluding steroid dienone is 1. The Bertz CT molecular complexity index is 1160. The lowest BCUT2D eigenvalue weighted by molar-refractivity contribution is 0.0342. The largest absolute Gasteiger partial charge is 0.379 e. The van der Waals surface area contributed by atoms with Gasteiger partial charge in [0.2, 0.25) is 5.95 Å². The molecule has 0 bridgehead atoms. The zero-order chi connectivity index (χ0) is 21.2. The van der Waals surface area contributed by atoms with Gasteiger partial charge in [0.1, 0.15) is 4.83 Å². The van der Waals surface area contributed by atoms with Gasteiger partial charge in [0, 0.05) is 36.7 Å². The number of nitrogens with zero attached hydrogens (tertiary/aromatic N) is 3. The average Bonchev–Trinajstić information content (AvgIpc) is 3.16. The highest BCUT2D eigenvalue weighted by Crippen LogP contribution is 2.34. The SMILES string of the molecule is C=CCn1c(Nc2cccc(CN3CCOCC3)c2)nc2sc3c(c2c1=O)CCCC3. The Morgan fingerprint density at radius 1 is 1.23 bits per heavy atom. The number of fused-ring (bicyclic) bond motifs is 3. The van der Waals surface area contributed by atoms with Crippen molar-refractivity contribution < 1.29 is 4.74 Å². The molecule has 0 saturated carbocycles. The molecular weight excluding hydrogens is 408 g/mol. The van der Waals surface area contributed by atoms with Crippen molar-refractivity contribution in [1.29, 1.82) is 0 Å². The highest BCUT2D eigenvalue weighted by atomic mass is 32.1. The van der Waals surface area contributed by atoms with E-state index in [0.717, 1.165) is 68.0 Å². The van der Waals surface area contributed by atoms with Gasteiger partial charge >= 0.3 is 0 Å². The Morgan fingerprint density at radius 3 is 2.90 bits per heavy atom. The van der Waals surface area contributed by atoms with Crippen molar-refractivity contribution in [2.24, 2.45) is 0 Å². The van der Waals surface area contributed by atoms with Crippen LogP contribution in [0.15, 0.2) is 41.7 Å². The zero-order valence-corrected chi connectivity index (χ0v) is 18.5. The molecule has 0 amide bonds. The number of rotatable bonds is 6. The van der Waals surface area contributed by atoms with Crippen LogP contribution in [0.1, 0.15) is 28.8 Å². The molecule has 1 saturated heterocycles. The highest BCUT2D eigenvalue weighted by Gasteiger charge is 2.22. The van der Waals surface area contributed by atoms with E-state index < -0.39 is 0 Å². The van der Waals surface area contributed by atoms with E-state index >= 15 is 0 Å². The molecular formula is C24H28N4O2S. The summed E-state index contributed by atoms with van der Waals surface area (Å²) in [5, 5.41) is 4.23. The average molecular weight is 437 g/mol. The molecule has 1 fully saturated rings. The van der Waals surface area contributed by atoms with Crippen molar-refractivity contribution in [3.63, 3.8) is 0 Å². The van der Waals surface area contributed by atoms with E-state index in [9.17, 15) is 4.79 Å². The first kappa shape index (κ1) is 20.4. The molecule has 3 aromatic rings. The van der Waals surface area contributed by atoms with Gasteiger partial charge in [-0.3, -0.25) is 14.3 Å². The topological polar surface area (TPSA) is 59.4 Å². The molecule has 0 spiro atoms. The van der Waals surface area contributed by atoms with Gasteiger partial charge in [0.15, 0.2) is 0 Å². The molecule has 2 aromatic heterocycles. The van der Waals surface area contributed by atoms with Crippen LogP contribution >= 0.6 is 11.3 Å². The second-order valence-electron chi connectivity index (χ2n) is 8.24. The first-order valence-corrected chi connectivity index (χ1v) is 11.9. The van der Waals surface area contributed by atoms with Crippen molar-refractivity contribution in [3.8, 4) is 0 Å². The summed E-state index contributed by atoms with van der Waals surface area (Å²) in [6.45, 7) is 8.67. The Kier molecular flexibility index (Phi) is 5.89. The Labute approximate surface area is 186 Å². The lowest BCUT2D eigenvalue weighted by Crippen LogP contribution is -2.35. The maximum atomic E-state index is 13.4. The highest BCUT2D eigenvalue weighted by molar-refractivity contribution is 7.18. The van der Waals surface area contributed by atoms with Gasteiger partial charge in [-0.25, -0.2) is 4.98 Å². The minimum atomic E-state index is 0.0382. The van der Waals surface area contributed by atoms with Gasteiger partial charge in [-0.1, -0.05) is 18.2 Å². The monoisotopic (exact) mass is 436 g/mol. The summed E-state index contributed by atoms with van der Waals surface area (Å²) < 4.78 is 7.16. The minimum Gasteiger partial charge on any atom is -0.379 e. The first-order valence-electron chi connectivity index (χ1n) is 11.0. The van der Waals surface area contributed by atoms with Crippen LogP contribution < -0.4 is 10.9 Å². The van der Waals surface area contributed by atoms with Gasteiger partial charge in [-0.15, -0.1) is 17.9 Å².